The summed E-state index contributed by atoms with van der Waals surface area (Å²) >= 11 is 0. The summed E-state index contributed by atoms with van der Waals surface area (Å²) in [6.07, 6.45) is 3.94. The molecule has 1 atom stereocenters. The molecule has 1 aromatic carbocycles. The number of rotatable bonds is 6. The van der Waals surface area contributed by atoms with Crippen molar-refractivity contribution in [1.29, 1.82) is 0 Å². The van der Waals surface area contributed by atoms with Gasteiger partial charge in [-0.15, -0.1) is 0 Å². The number of piperidine rings is 1. The van der Waals surface area contributed by atoms with Gasteiger partial charge in [0, 0.05) is 24.2 Å². The molecule has 0 bridgehead atoms. The topological polar surface area (TPSA) is 95.9 Å². The van der Waals surface area contributed by atoms with Crippen molar-refractivity contribution in [3.05, 3.63) is 24.3 Å². The van der Waals surface area contributed by atoms with Crippen LogP contribution in [0.5, 0.6) is 5.75 Å². The van der Waals surface area contributed by atoms with E-state index in [-0.39, 0.29) is 24.3 Å². The van der Waals surface area contributed by atoms with Gasteiger partial charge in [0.05, 0.1) is 0 Å². The van der Waals surface area contributed by atoms with Gasteiger partial charge in [0.1, 0.15) is 11.8 Å². The molecule has 0 spiro atoms. The molecular formula is C18H22N2O5. The number of nitrogens with zero attached hydrogens (tertiary/aromatic N) is 1. The molecule has 2 fully saturated rings. The van der Waals surface area contributed by atoms with Crippen LogP contribution in [0, 0.1) is 5.92 Å². The van der Waals surface area contributed by atoms with Crippen LogP contribution in [0.25, 0.3) is 0 Å². The summed E-state index contributed by atoms with van der Waals surface area (Å²) in [6, 6.07) is 6.10. The second kappa shape index (κ2) is 7.55. The zero-order valence-electron chi connectivity index (χ0n) is 13.9. The average molecular weight is 346 g/mol. The first-order valence-electron chi connectivity index (χ1n) is 8.60. The smallest absolute Gasteiger partial charge is 0.326 e. The molecule has 3 rings (SSSR count). The third-order valence-electron chi connectivity index (χ3n) is 4.52. The monoisotopic (exact) mass is 346 g/mol. The summed E-state index contributed by atoms with van der Waals surface area (Å²) in [6.45, 7) is 0.223. The molecule has 1 saturated carbocycles. The van der Waals surface area contributed by atoms with Crippen molar-refractivity contribution in [2.24, 2.45) is 5.92 Å². The van der Waals surface area contributed by atoms with Crippen molar-refractivity contribution in [1.82, 2.24) is 4.90 Å². The maximum Gasteiger partial charge on any atom is 0.326 e. The lowest BCUT2D eigenvalue weighted by Crippen LogP contribution is -2.49. The number of carboxylic acid groups (broad SMARTS) is 1. The van der Waals surface area contributed by atoms with Crippen LogP contribution >= 0.6 is 0 Å². The molecule has 0 aromatic heterocycles. The molecule has 1 aliphatic carbocycles. The van der Waals surface area contributed by atoms with Crippen molar-refractivity contribution < 1.29 is 24.2 Å². The number of carboxylic acids is 1. The van der Waals surface area contributed by atoms with Gasteiger partial charge in [0.2, 0.25) is 5.91 Å². The van der Waals surface area contributed by atoms with Crippen LogP contribution in [0.15, 0.2) is 24.3 Å². The Hall–Kier alpha value is -2.57. The van der Waals surface area contributed by atoms with Crippen LogP contribution in [0.3, 0.4) is 0 Å². The van der Waals surface area contributed by atoms with Gasteiger partial charge in [-0.3, -0.25) is 9.59 Å². The van der Waals surface area contributed by atoms with Crippen LogP contribution in [0.1, 0.15) is 32.1 Å². The second-order valence-corrected chi connectivity index (χ2v) is 6.52. The molecular weight excluding hydrogens is 324 g/mol. The first kappa shape index (κ1) is 17.3. The van der Waals surface area contributed by atoms with E-state index in [1.54, 1.807) is 24.3 Å². The summed E-state index contributed by atoms with van der Waals surface area (Å²) in [5.41, 5.74) is 0.628. The lowest BCUT2D eigenvalue weighted by Gasteiger charge is -2.32. The number of carbonyl (C=O) groups is 3. The van der Waals surface area contributed by atoms with Gasteiger partial charge in [-0.2, -0.15) is 0 Å². The molecule has 1 aromatic rings. The Morgan fingerprint density at radius 3 is 2.72 bits per heavy atom. The molecule has 2 aliphatic rings. The van der Waals surface area contributed by atoms with E-state index in [1.165, 1.54) is 4.90 Å². The number of anilines is 1. The number of hydrogen-bond donors (Lipinski definition) is 2. The van der Waals surface area contributed by atoms with Crippen LogP contribution < -0.4 is 10.1 Å². The standard InChI is InChI=1S/C18H22N2O5/c21-16(20-9-2-1-6-15(20)18(23)24)11-25-14-5-3-4-13(10-14)19-17(22)12-7-8-12/h3-5,10,12,15H,1-2,6-9,11H2,(H,19,22)(H,23,24). The van der Waals surface area contributed by atoms with Crippen molar-refractivity contribution in [3.8, 4) is 5.75 Å². The van der Waals surface area contributed by atoms with Gasteiger partial charge in [-0.25, -0.2) is 4.79 Å². The molecule has 2 N–H and O–H groups in total. The molecule has 134 valence electrons. The van der Waals surface area contributed by atoms with Gasteiger partial charge in [-0.05, 0) is 44.2 Å². The summed E-state index contributed by atoms with van der Waals surface area (Å²) in [5.74, 6) is -0.729. The first-order valence-corrected chi connectivity index (χ1v) is 8.60. The highest BCUT2D eigenvalue weighted by Crippen LogP contribution is 2.30. The van der Waals surface area contributed by atoms with Crippen LogP contribution in [-0.2, 0) is 14.4 Å². The molecule has 7 nitrogen and oxygen atoms in total. The summed E-state index contributed by atoms with van der Waals surface area (Å²) in [7, 11) is 0. The number of hydrogen-bond acceptors (Lipinski definition) is 4. The van der Waals surface area contributed by atoms with Crippen LogP contribution in [0.2, 0.25) is 0 Å². The van der Waals surface area contributed by atoms with Crippen molar-refractivity contribution in [3.63, 3.8) is 0 Å². The Bertz CT molecular complexity index is 671. The van der Waals surface area contributed by atoms with Gasteiger partial charge >= 0.3 is 5.97 Å². The van der Waals surface area contributed by atoms with E-state index in [0.717, 1.165) is 25.7 Å². The summed E-state index contributed by atoms with van der Waals surface area (Å²) < 4.78 is 5.51. The Morgan fingerprint density at radius 1 is 1.20 bits per heavy atom. The van der Waals surface area contributed by atoms with E-state index in [1.807, 2.05) is 0 Å². The molecule has 0 radical (unpaired) electrons. The minimum absolute atomic E-state index is 0.00541. The SMILES string of the molecule is O=C(Nc1cccc(OCC(=O)N2CCCCC2C(=O)O)c1)C1CC1. The zero-order chi connectivity index (χ0) is 17.8. The number of ether oxygens (including phenoxy) is 1. The first-order chi connectivity index (χ1) is 12.0. The predicted octanol–water partition coefficient (Wildman–Crippen LogP) is 1.88. The van der Waals surface area contributed by atoms with E-state index in [4.69, 9.17) is 4.74 Å². The summed E-state index contributed by atoms with van der Waals surface area (Å²) in [5, 5.41) is 12.1. The van der Waals surface area contributed by atoms with E-state index >= 15 is 0 Å². The largest absolute Gasteiger partial charge is 0.484 e. The number of nitrogens with one attached hydrogen (secondary N) is 1. The highest BCUT2D eigenvalue weighted by molar-refractivity contribution is 5.94. The molecule has 7 heteroatoms. The number of benzene rings is 1. The minimum Gasteiger partial charge on any atom is -0.484 e. The lowest BCUT2D eigenvalue weighted by molar-refractivity contribution is -0.152. The van der Waals surface area contributed by atoms with Crippen molar-refractivity contribution in [2.45, 2.75) is 38.1 Å². The predicted molar refractivity (Wildman–Crippen MR) is 90.3 cm³/mol. The normalized spacial score (nSPS) is 20.0. The quantitative estimate of drug-likeness (QED) is 0.820. The van der Waals surface area contributed by atoms with Crippen molar-refractivity contribution >= 4 is 23.5 Å². The Balaban J connectivity index is 1.56. The van der Waals surface area contributed by atoms with Gasteiger partial charge in [0.15, 0.2) is 6.61 Å². The maximum absolute atomic E-state index is 12.3. The molecule has 1 unspecified atom stereocenters. The fourth-order valence-corrected chi connectivity index (χ4v) is 2.97. The van der Waals surface area contributed by atoms with Gasteiger partial charge < -0.3 is 20.1 Å². The maximum atomic E-state index is 12.3. The van der Waals surface area contributed by atoms with E-state index in [9.17, 15) is 19.5 Å². The van der Waals surface area contributed by atoms with E-state index < -0.39 is 12.0 Å². The van der Waals surface area contributed by atoms with Crippen LogP contribution in [0.4, 0.5) is 5.69 Å². The van der Waals surface area contributed by atoms with Crippen LogP contribution in [-0.4, -0.2) is 47.0 Å². The second-order valence-electron chi connectivity index (χ2n) is 6.52. The number of carbonyl (C=O) groups excluding carboxylic acids is 2. The summed E-state index contributed by atoms with van der Waals surface area (Å²) in [4.78, 5) is 36.8. The van der Waals surface area contributed by atoms with E-state index in [2.05, 4.69) is 5.32 Å². The fraction of sp³-hybridized carbons (Fsp3) is 0.500. The minimum atomic E-state index is -0.974. The third-order valence-corrected chi connectivity index (χ3v) is 4.52. The fourth-order valence-electron chi connectivity index (χ4n) is 2.97. The number of aliphatic carboxylic acids is 1. The van der Waals surface area contributed by atoms with E-state index in [0.29, 0.717) is 24.4 Å². The molecule has 1 aliphatic heterocycles. The number of amides is 2. The Morgan fingerprint density at radius 2 is 2.00 bits per heavy atom. The average Bonchev–Trinajstić information content (AvgIpc) is 3.45. The van der Waals surface area contributed by atoms with Gasteiger partial charge in [0.25, 0.3) is 5.91 Å². The molecule has 25 heavy (non-hydrogen) atoms. The zero-order valence-corrected chi connectivity index (χ0v) is 13.9. The Kier molecular flexibility index (Phi) is 5.21. The lowest BCUT2D eigenvalue weighted by atomic mass is 10.0. The van der Waals surface area contributed by atoms with Gasteiger partial charge in [-0.1, -0.05) is 6.07 Å². The highest BCUT2D eigenvalue weighted by atomic mass is 16.5. The van der Waals surface area contributed by atoms with Crippen molar-refractivity contribution in [2.75, 3.05) is 18.5 Å². The number of likely N-dealkylation sites (tertiary alicyclic amines) is 1. The molecule has 1 heterocycles. The third kappa shape index (κ3) is 4.49. The molecule has 2 amide bonds. The molecule has 1 saturated heterocycles. The Labute approximate surface area is 146 Å². The highest BCUT2D eigenvalue weighted by Gasteiger charge is 2.32.